The molecule has 0 N–H and O–H groups in total. The number of halogens is 6. The van der Waals surface area contributed by atoms with E-state index in [0.717, 1.165) is 0 Å². The minimum atomic E-state index is -5.25. The molecule has 0 aliphatic rings. The molecule has 1 atom stereocenters. The first-order chi connectivity index (χ1) is 7.09. The molecule has 0 saturated heterocycles. The van der Waals surface area contributed by atoms with Crippen molar-refractivity contribution in [2.45, 2.75) is 23.4 Å². The van der Waals surface area contributed by atoms with Crippen LogP contribution >= 0.6 is 11.6 Å². The van der Waals surface area contributed by atoms with Gasteiger partial charge in [0.25, 0.3) is 5.79 Å². The van der Waals surface area contributed by atoms with E-state index in [1.165, 1.54) is 0 Å². The molecular formula is C7H10ClF5O3. The first-order valence-corrected chi connectivity index (χ1v) is 4.26. The van der Waals surface area contributed by atoms with Gasteiger partial charge in [-0.2, -0.15) is 22.0 Å². The van der Waals surface area contributed by atoms with Crippen LogP contribution in [-0.2, 0) is 14.2 Å². The van der Waals surface area contributed by atoms with Crippen molar-refractivity contribution in [3.05, 3.63) is 0 Å². The lowest BCUT2D eigenvalue weighted by molar-refractivity contribution is -0.395. The molecule has 0 saturated carbocycles. The largest absolute Gasteiger partial charge is 0.445 e. The highest BCUT2D eigenvalue weighted by atomic mass is 35.5. The lowest BCUT2D eigenvalue weighted by atomic mass is 10.1. The van der Waals surface area contributed by atoms with Gasteiger partial charge in [-0.1, -0.05) is 0 Å². The Bertz CT molecular complexity index is 229. The van der Waals surface area contributed by atoms with Crippen LogP contribution < -0.4 is 0 Å². The summed E-state index contributed by atoms with van der Waals surface area (Å²) in [6.07, 6.45) is -9.51. The van der Waals surface area contributed by atoms with Gasteiger partial charge >= 0.3 is 12.3 Å². The van der Waals surface area contributed by atoms with E-state index < -0.39 is 23.4 Å². The normalized spacial score (nSPS) is 16.3. The van der Waals surface area contributed by atoms with E-state index in [-0.39, 0.29) is 0 Å². The summed E-state index contributed by atoms with van der Waals surface area (Å²) in [6, 6.07) is 0. The Morgan fingerprint density at radius 3 is 1.44 bits per heavy atom. The zero-order valence-electron chi connectivity index (χ0n) is 8.57. The number of hydrogen-bond acceptors (Lipinski definition) is 3. The van der Waals surface area contributed by atoms with E-state index in [0.29, 0.717) is 21.3 Å². The number of hydrogen-bond donors (Lipinski definition) is 0. The summed E-state index contributed by atoms with van der Waals surface area (Å²) in [5.41, 5.74) is 0. The van der Waals surface area contributed by atoms with Crippen LogP contribution in [0.4, 0.5) is 22.0 Å². The maximum Gasteiger partial charge on any atom is 0.445 e. The maximum absolute atomic E-state index is 12.9. The summed E-state index contributed by atoms with van der Waals surface area (Å²) < 4.78 is 75.1. The average molecular weight is 273 g/mol. The molecule has 0 aromatic carbocycles. The number of ether oxygens (including phenoxy) is 3. The number of alkyl halides is 6. The molecule has 9 heteroatoms. The first-order valence-electron chi connectivity index (χ1n) is 3.83. The van der Waals surface area contributed by atoms with Crippen LogP contribution in [0.5, 0.6) is 0 Å². The Morgan fingerprint density at radius 1 is 0.875 bits per heavy atom. The van der Waals surface area contributed by atoms with Gasteiger partial charge in [-0.05, 0) is 0 Å². The second-order valence-corrected chi connectivity index (χ2v) is 3.14. The van der Waals surface area contributed by atoms with Gasteiger partial charge in [-0.15, -0.1) is 11.6 Å². The van der Waals surface area contributed by atoms with Gasteiger partial charge in [0.05, 0.1) is 0 Å². The van der Waals surface area contributed by atoms with Gasteiger partial charge in [0.1, 0.15) is 0 Å². The lowest BCUT2D eigenvalue weighted by Crippen LogP contribution is -2.61. The molecule has 0 rings (SSSR count). The Hall–Kier alpha value is -0.180. The van der Waals surface area contributed by atoms with Crippen LogP contribution in [0.1, 0.15) is 0 Å². The zero-order chi connectivity index (χ0) is 13.2. The first kappa shape index (κ1) is 15.8. The molecule has 16 heavy (non-hydrogen) atoms. The smallest absolute Gasteiger partial charge is 0.345 e. The van der Waals surface area contributed by atoms with Crippen LogP contribution in [0.15, 0.2) is 0 Å². The van der Waals surface area contributed by atoms with Crippen molar-refractivity contribution in [2.75, 3.05) is 21.3 Å². The molecule has 0 amide bonds. The van der Waals surface area contributed by atoms with Crippen molar-refractivity contribution in [3.63, 3.8) is 0 Å². The third-order valence-electron chi connectivity index (χ3n) is 1.90. The van der Waals surface area contributed by atoms with Gasteiger partial charge < -0.3 is 14.2 Å². The highest BCUT2D eigenvalue weighted by Gasteiger charge is 2.68. The van der Waals surface area contributed by atoms with Gasteiger partial charge in [0.15, 0.2) is 5.38 Å². The fourth-order valence-electron chi connectivity index (χ4n) is 0.990. The van der Waals surface area contributed by atoms with Crippen molar-refractivity contribution >= 4 is 11.6 Å². The molecule has 0 bridgehead atoms. The van der Waals surface area contributed by atoms with Crippen LogP contribution in [0.3, 0.4) is 0 Å². The van der Waals surface area contributed by atoms with E-state index >= 15 is 0 Å². The van der Waals surface area contributed by atoms with Crippen LogP contribution in [0.25, 0.3) is 0 Å². The molecular weight excluding hydrogens is 263 g/mol. The van der Waals surface area contributed by atoms with Crippen molar-refractivity contribution < 1.29 is 36.2 Å². The van der Waals surface area contributed by atoms with Crippen LogP contribution in [-0.4, -0.2) is 44.8 Å². The van der Waals surface area contributed by atoms with Crippen molar-refractivity contribution in [3.8, 4) is 0 Å². The molecule has 0 fully saturated rings. The molecule has 98 valence electrons. The Kier molecular flexibility index (Phi) is 4.93. The van der Waals surface area contributed by atoms with Crippen LogP contribution in [0.2, 0.25) is 0 Å². The van der Waals surface area contributed by atoms with Crippen molar-refractivity contribution in [1.82, 2.24) is 0 Å². The Balaban J connectivity index is 5.37. The van der Waals surface area contributed by atoms with Gasteiger partial charge in [0, 0.05) is 21.3 Å². The molecule has 0 heterocycles. The fourth-order valence-corrected chi connectivity index (χ4v) is 1.38. The third-order valence-corrected chi connectivity index (χ3v) is 2.44. The molecule has 0 aliphatic heterocycles. The molecule has 0 radical (unpaired) electrons. The maximum atomic E-state index is 12.9. The predicted molar refractivity (Wildman–Crippen MR) is 44.4 cm³/mol. The summed E-state index contributed by atoms with van der Waals surface area (Å²) in [5, 5.41) is -2.89. The van der Waals surface area contributed by atoms with Crippen molar-refractivity contribution in [1.29, 1.82) is 0 Å². The minimum absolute atomic E-state index is 0.516. The molecule has 1 unspecified atom stereocenters. The molecule has 0 aliphatic carbocycles. The number of rotatable bonds is 5. The lowest BCUT2D eigenvalue weighted by Gasteiger charge is -2.38. The summed E-state index contributed by atoms with van der Waals surface area (Å²) in [7, 11) is 1.62. The summed E-state index contributed by atoms with van der Waals surface area (Å²) >= 11 is 5.04. The monoisotopic (exact) mass is 272 g/mol. The second kappa shape index (κ2) is 4.99. The topological polar surface area (TPSA) is 27.7 Å². The van der Waals surface area contributed by atoms with E-state index in [4.69, 9.17) is 11.6 Å². The summed E-state index contributed by atoms with van der Waals surface area (Å²) in [4.78, 5) is 0. The number of methoxy groups -OCH3 is 3. The van der Waals surface area contributed by atoms with Crippen LogP contribution in [0, 0.1) is 0 Å². The average Bonchev–Trinajstić information content (AvgIpc) is 2.18. The predicted octanol–water partition coefficient (Wildman–Crippen LogP) is 2.38. The molecule has 3 nitrogen and oxygen atoms in total. The molecule has 0 aromatic rings. The van der Waals surface area contributed by atoms with E-state index in [1.54, 1.807) is 0 Å². The standard InChI is InChI=1S/C7H10ClF5O3/c1-14-5(15-2,7(11,12)13)4(8)6(9,10)16-3/h4H,1-3H3. The summed E-state index contributed by atoms with van der Waals surface area (Å²) in [5.74, 6) is -3.64. The minimum Gasteiger partial charge on any atom is -0.345 e. The van der Waals surface area contributed by atoms with Crippen molar-refractivity contribution in [2.24, 2.45) is 0 Å². The SMILES string of the molecule is COC(F)(F)C(Cl)C(OC)(OC)C(F)(F)F. The van der Waals surface area contributed by atoms with Gasteiger partial charge in [0.2, 0.25) is 0 Å². The summed E-state index contributed by atoms with van der Waals surface area (Å²) in [6.45, 7) is 0. The molecule has 0 aromatic heterocycles. The van der Waals surface area contributed by atoms with E-state index in [9.17, 15) is 22.0 Å². The second-order valence-electron chi connectivity index (χ2n) is 2.70. The fraction of sp³-hybridized carbons (Fsp3) is 1.00. The highest BCUT2D eigenvalue weighted by molar-refractivity contribution is 6.22. The Labute approximate surface area is 93.4 Å². The molecule has 0 spiro atoms. The zero-order valence-corrected chi connectivity index (χ0v) is 9.33. The highest BCUT2D eigenvalue weighted by Crippen LogP contribution is 2.44. The van der Waals surface area contributed by atoms with E-state index in [1.807, 2.05) is 0 Å². The Morgan fingerprint density at radius 2 is 1.25 bits per heavy atom. The van der Waals surface area contributed by atoms with E-state index in [2.05, 4.69) is 14.2 Å². The van der Waals surface area contributed by atoms with Gasteiger partial charge in [-0.25, -0.2) is 0 Å². The van der Waals surface area contributed by atoms with Gasteiger partial charge in [-0.3, -0.25) is 0 Å². The quantitative estimate of drug-likeness (QED) is 0.437. The third kappa shape index (κ3) is 2.55.